The Bertz CT molecular complexity index is 412. The smallest absolute Gasteiger partial charge is 0.124 e. The van der Waals surface area contributed by atoms with Gasteiger partial charge in [-0.2, -0.15) is 0 Å². The molecule has 1 rings (SSSR count). The van der Waals surface area contributed by atoms with Gasteiger partial charge in [-0.05, 0) is 49.9 Å². The first-order chi connectivity index (χ1) is 9.33. The molecule has 0 aliphatic rings. The van der Waals surface area contributed by atoms with Gasteiger partial charge >= 0.3 is 0 Å². The molecule has 1 unspecified atom stereocenters. The Labute approximate surface area is 132 Å². The third-order valence-electron chi connectivity index (χ3n) is 3.25. The Morgan fingerprint density at radius 3 is 2.60 bits per heavy atom. The van der Waals surface area contributed by atoms with E-state index < -0.39 is 0 Å². The molecule has 1 N–H and O–H groups in total. The van der Waals surface area contributed by atoms with Crippen molar-refractivity contribution in [3.8, 4) is 5.75 Å². The summed E-state index contributed by atoms with van der Waals surface area (Å²) in [6.45, 7) is 12.9. The van der Waals surface area contributed by atoms with Crippen LogP contribution in [0.3, 0.4) is 0 Å². The highest BCUT2D eigenvalue weighted by Gasteiger charge is 2.14. The topological polar surface area (TPSA) is 21.3 Å². The Kier molecular flexibility index (Phi) is 7.04. The number of ether oxygens (including phenoxy) is 1. The number of nitrogens with one attached hydrogen (secondary N) is 1. The Morgan fingerprint density at radius 2 is 2.00 bits per heavy atom. The summed E-state index contributed by atoms with van der Waals surface area (Å²) < 4.78 is 7.11. The van der Waals surface area contributed by atoms with E-state index in [1.165, 1.54) is 5.56 Å². The van der Waals surface area contributed by atoms with E-state index in [9.17, 15) is 0 Å². The lowest BCUT2D eigenvalue weighted by Gasteiger charge is -2.21. The van der Waals surface area contributed by atoms with Gasteiger partial charge in [0.2, 0.25) is 0 Å². The largest absolute Gasteiger partial charge is 0.493 e. The summed E-state index contributed by atoms with van der Waals surface area (Å²) in [6.07, 6.45) is 2.19. The fraction of sp³-hybridized carbons (Fsp3) is 0.647. The van der Waals surface area contributed by atoms with E-state index in [-0.39, 0.29) is 0 Å². The van der Waals surface area contributed by atoms with Crippen molar-refractivity contribution in [3.63, 3.8) is 0 Å². The van der Waals surface area contributed by atoms with Crippen molar-refractivity contribution in [1.82, 2.24) is 5.32 Å². The van der Waals surface area contributed by atoms with Crippen molar-refractivity contribution in [2.45, 2.75) is 53.5 Å². The highest BCUT2D eigenvalue weighted by Crippen LogP contribution is 2.29. The maximum absolute atomic E-state index is 6.01. The van der Waals surface area contributed by atoms with E-state index >= 15 is 0 Å². The molecule has 1 aromatic rings. The van der Waals surface area contributed by atoms with E-state index in [0.29, 0.717) is 11.5 Å². The van der Waals surface area contributed by atoms with Gasteiger partial charge in [-0.3, -0.25) is 0 Å². The lowest BCUT2D eigenvalue weighted by Crippen LogP contribution is -2.20. The maximum Gasteiger partial charge on any atom is 0.124 e. The van der Waals surface area contributed by atoms with Crippen molar-refractivity contribution in [2.24, 2.45) is 5.41 Å². The number of rotatable bonds is 7. The Hall–Kier alpha value is -0.540. The number of benzene rings is 1. The summed E-state index contributed by atoms with van der Waals surface area (Å²) in [5.41, 5.74) is 1.53. The van der Waals surface area contributed by atoms with E-state index in [1.807, 2.05) is 6.07 Å². The van der Waals surface area contributed by atoms with Crippen LogP contribution in [0, 0.1) is 5.41 Å². The molecule has 0 aliphatic carbocycles. The lowest BCUT2D eigenvalue weighted by atomic mass is 9.93. The van der Waals surface area contributed by atoms with Gasteiger partial charge in [0.15, 0.2) is 0 Å². The van der Waals surface area contributed by atoms with Gasteiger partial charge in [-0.25, -0.2) is 0 Å². The molecule has 0 radical (unpaired) electrons. The molecular weight excluding hydrogens is 314 g/mol. The normalized spacial score (nSPS) is 13.3. The van der Waals surface area contributed by atoms with Crippen LogP contribution < -0.4 is 10.1 Å². The van der Waals surface area contributed by atoms with Crippen LogP contribution in [0.1, 0.15) is 59.1 Å². The van der Waals surface area contributed by atoms with Gasteiger partial charge in [0.1, 0.15) is 5.75 Å². The van der Waals surface area contributed by atoms with Gasteiger partial charge < -0.3 is 10.1 Å². The van der Waals surface area contributed by atoms with Crippen LogP contribution in [0.2, 0.25) is 0 Å². The summed E-state index contributed by atoms with van der Waals surface area (Å²) in [7, 11) is 0. The molecule has 1 aromatic carbocycles. The van der Waals surface area contributed by atoms with Crippen LogP contribution >= 0.6 is 15.9 Å². The van der Waals surface area contributed by atoms with E-state index in [1.54, 1.807) is 0 Å². The predicted molar refractivity (Wildman–Crippen MR) is 90.4 cm³/mol. The zero-order valence-electron chi connectivity index (χ0n) is 13.4. The first kappa shape index (κ1) is 17.5. The highest BCUT2D eigenvalue weighted by molar-refractivity contribution is 9.10. The van der Waals surface area contributed by atoms with Crippen LogP contribution in [0.5, 0.6) is 5.75 Å². The van der Waals surface area contributed by atoms with Crippen molar-refractivity contribution >= 4 is 15.9 Å². The third-order valence-corrected chi connectivity index (χ3v) is 3.74. The second-order valence-electron chi connectivity index (χ2n) is 6.52. The Balaban J connectivity index is 2.74. The molecule has 0 saturated heterocycles. The van der Waals surface area contributed by atoms with E-state index in [0.717, 1.165) is 36.2 Å². The maximum atomic E-state index is 6.01. The molecule has 114 valence electrons. The molecule has 0 spiro atoms. The van der Waals surface area contributed by atoms with Gasteiger partial charge in [0.05, 0.1) is 6.61 Å². The van der Waals surface area contributed by atoms with Gasteiger partial charge in [-0.15, -0.1) is 0 Å². The van der Waals surface area contributed by atoms with Crippen LogP contribution in [0.4, 0.5) is 0 Å². The minimum atomic E-state index is 0.303. The fourth-order valence-electron chi connectivity index (χ4n) is 1.93. The zero-order chi connectivity index (χ0) is 15.2. The molecule has 1 atom stereocenters. The minimum absolute atomic E-state index is 0.303. The van der Waals surface area contributed by atoms with Crippen molar-refractivity contribution < 1.29 is 4.74 Å². The van der Waals surface area contributed by atoms with E-state index in [2.05, 4.69) is 68.0 Å². The van der Waals surface area contributed by atoms with Gasteiger partial charge in [0.25, 0.3) is 0 Å². The quantitative estimate of drug-likeness (QED) is 0.724. The van der Waals surface area contributed by atoms with Gasteiger partial charge in [0, 0.05) is 16.1 Å². The lowest BCUT2D eigenvalue weighted by molar-refractivity contribution is 0.240. The number of halogens is 1. The molecule has 0 fully saturated rings. The number of hydrogen-bond donors (Lipinski definition) is 1. The minimum Gasteiger partial charge on any atom is -0.493 e. The summed E-state index contributed by atoms with van der Waals surface area (Å²) in [5, 5.41) is 3.52. The molecule has 0 heterocycles. The molecular formula is C17H28BrNO. The summed E-state index contributed by atoms with van der Waals surface area (Å²) in [5.74, 6) is 0.994. The summed E-state index contributed by atoms with van der Waals surface area (Å²) >= 11 is 3.55. The Morgan fingerprint density at radius 1 is 1.30 bits per heavy atom. The standard InChI is InChI=1S/C17H28BrNO/c1-6-10-19-13(2)15-12-14(18)7-8-16(15)20-11-9-17(3,4)5/h7-8,12-13,19H,6,9-11H2,1-5H3. The second-order valence-corrected chi connectivity index (χ2v) is 7.43. The molecule has 0 bridgehead atoms. The molecule has 2 nitrogen and oxygen atoms in total. The van der Waals surface area contributed by atoms with E-state index in [4.69, 9.17) is 4.74 Å². The monoisotopic (exact) mass is 341 g/mol. The van der Waals surface area contributed by atoms with Crippen LogP contribution in [0.15, 0.2) is 22.7 Å². The molecule has 0 aromatic heterocycles. The van der Waals surface area contributed by atoms with Crippen molar-refractivity contribution in [1.29, 1.82) is 0 Å². The SMILES string of the molecule is CCCNC(C)c1cc(Br)ccc1OCCC(C)(C)C. The number of hydrogen-bond acceptors (Lipinski definition) is 2. The molecule has 0 aliphatic heterocycles. The summed E-state index contributed by atoms with van der Waals surface area (Å²) in [4.78, 5) is 0. The molecule has 3 heteroatoms. The predicted octanol–water partition coefficient (Wildman–Crippen LogP) is 5.32. The fourth-order valence-corrected chi connectivity index (χ4v) is 2.31. The highest BCUT2D eigenvalue weighted by atomic mass is 79.9. The summed E-state index contributed by atoms with van der Waals surface area (Å²) in [6, 6.07) is 6.56. The average molecular weight is 342 g/mol. The first-order valence-corrected chi connectivity index (χ1v) is 8.28. The molecule has 0 saturated carbocycles. The molecule has 0 amide bonds. The molecule has 20 heavy (non-hydrogen) atoms. The van der Waals surface area contributed by atoms with Crippen LogP contribution in [-0.2, 0) is 0 Å². The first-order valence-electron chi connectivity index (χ1n) is 7.49. The average Bonchev–Trinajstić information content (AvgIpc) is 2.36. The third kappa shape index (κ3) is 6.27. The van der Waals surface area contributed by atoms with Crippen LogP contribution in [0.25, 0.3) is 0 Å². The van der Waals surface area contributed by atoms with Crippen molar-refractivity contribution in [3.05, 3.63) is 28.2 Å². The second kappa shape index (κ2) is 8.04. The van der Waals surface area contributed by atoms with Crippen molar-refractivity contribution in [2.75, 3.05) is 13.2 Å². The van der Waals surface area contributed by atoms with Crippen LogP contribution in [-0.4, -0.2) is 13.2 Å². The zero-order valence-corrected chi connectivity index (χ0v) is 15.0. The van der Waals surface area contributed by atoms with Gasteiger partial charge in [-0.1, -0.05) is 43.6 Å².